The molecular formula is C18H20N2O4S. The Hall–Kier alpha value is -2.67. The number of carbonyl (C=O) groups excluding carboxylic acids is 2. The van der Waals surface area contributed by atoms with Gasteiger partial charge in [0.1, 0.15) is 0 Å². The van der Waals surface area contributed by atoms with Crippen LogP contribution in [0.15, 0.2) is 53.4 Å². The highest BCUT2D eigenvalue weighted by Gasteiger charge is 2.11. The molecule has 0 heterocycles. The van der Waals surface area contributed by atoms with E-state index >= 15 is 0 Å². The first-order valence-electron chi connectivity index (χ1n) is 7.69. The lowest BCUT2D eigenvalue weighted by Gasteiger charge is -2.10. The van der Waals surface area contributed by atoms with E-state index in [1.54, 1.807) is 38.1 Å². The summed E-state index contributed by atoms with van der Waals surface area (Å²) in [7, 11) is -3.30. The number of hydrogen-bond donors (Lipinski definition) is 2. The smallest absolute Gasteiger partial charge is 0.255 e. The maximum atomic E-state index is 12.3. The summed E-state index contributed by atoms with van der Waals surface area (Å²) in [6, 6.07) is 12.5. The highest BCUT2D eigenvalue weighted by molar-refractivity contribution is 7.90. The molecule has 0 unspecified atom stereocenters. The molecule has 6 nitrogen and oxygen atoms in total. The van der Waals surface area contributed by atoms with Crippen LogP contribution in [0.3, 0.4) is 0 Å². The van der Waals surface area contributed by atoms with E-state index in [1.165, 1.54) is 24.3 Å². The van der Waals surface area contributed by atoms with Gasteiger partial charge in [0.25, 0.3) is 5.91 Å². The van der Waals surface area contributed by atoms with Crippen LogP contribution in [-0.4, -0.2) is 26.5 Å². The fraction of sp³-hybridized carbons (Fsp3) is 0.222. The number of anilines is 2. The van der Waals surface area contributed by atoms with Crippen molar-refractivity contribution in [2.75, 3.05) is 16.9 Å². The Morgan fingerprint density at radius 1 is 0.920 bits per heavy atom. The maximum Gasteiger partial charge on any atom is 0.255 e. The third-order valence-electron chi connectivity index (χ3n) is 3.46. The molecule has 0 saturated carbocycles. The van der Waals surface area contributed by atoms with Crippen LogP contribution in [-0.2, 0) is 14.6 Å². The SMILES string of the molecule is CC(C)C(=O)Nc1cccc(NC(=O)c2ccc(S(C)(=O)=O)cc2)c1. The summed E-state index contributed by atoms with van der Waals surface area (Å²) in [6.07, 6.45) is 1.11. The second kappa shape index (κ2) is 7.48. The van der Waals surface area contributed by atoms with Crippen LogP contribution in [0.5, 0.6) is 0 Å². The second-order valence-electron chi connectivity index (χ2n) is 5.98. The van der Waals surface area contributed by atoms with E-state index in [1.807, 2.05) is 0 Å². The van der Waals surface area contributed by atoms with Gasteiger partial charge in [-0.1, -0.05) is 19.9 Å². The summed E-state index contributed by atoms with van der Waals surface area (Å²) < 4.78 is 22.9. The lowest BCUT2D eigenvalue weighted by Crippen LogP contribution is -2.18. The van der Waals surface area contributed by atoms with Gasteiger partial charge in [0.05, 0.1) is 4.90 Å². The topological polar surface area (TPSA) is 92.3 Å². The summed E-state index contributed by atoms with van der Waals surface area (Å²) in [5, 5.41) is 5.48. The Kier molecular flexibility index (Phi) is 5.58. The Morgan fingerprint density at radius 3 is 2.00 bits per heavy atom. The molecule has 2 aromatic rings. The van der Waals surface area contributed by atoms with Crippen molar-refractivity contribution in [3.05, 3.63) is 54.1 Å². The molecule has 0 aromatic heterocycles. The molecule has 2 aromatic carbocycles. The van der Waals surface area contributed by atoms with E-state index in [0.29, 0.717) is 16.9 Å². The minimum Gasteiger partial charge on any atom is -0.326 e. The van der Waals surface area contributed by atoms with Crippen molar-refractivity contribution >= 4 is 33.0 Å². The van der Waals surface area contributed by atoms with Crippen LogP contribution < -0.4 is 10.6 Å². The van der Waals surface area contributed by atoms with Crippen LogP contribution in [0.4, 0.5) is 11.4 Å². The number of amides is 2. The van der Waals surface area contributed by atoms with Crippen LogP contribution >= 0.6 is 0 Å². The zero-order valence-corrected chi connectivity index (χ0v) is 15.1. The molecule has 2 N–H and O–H groups in total. The number of hydrogen-bond acceptors (Lipinski definition) is 4. The fourth-order valence-electron chi connectivity index (χ4n) is 2.02. The van der Waals surface area contributed by atoms with E-state index in [2.05, 4.69) is 10.6 Å². The van der Waals surface area contributed by atoms with Gasteiger partial charge in [0.15, 0.2) is 9.84 Å². The normalized spacial score (nSPS) is 11.2. The molecule has 25 heavy (non-hydrogen) atoms. The lowest BCUT2D eigenvalue weighted by molar-refractivity contribution is -0.118. The highest BCUT2D eigenvalue weighted by Crippen LogP contribution is 2.17. The minimum atomic E-state index is -3.30. The van der Waals surface area contributed by atoms with Gasteiger partial charge in [-0.3, -0.25) is 9.59 Å². The summed E-state index contributed by atoms with van der Waals surface area (Å²) in [5.41, 5.74) is 1.45. The molecule has 0 bridgehead atoms. The standard InChI is InChI=1S/C18H20N2O4S/c1-12(2)17(21)19-14-5-4-6-15(11-14)20-18(22)13-7-9-16(10-8-13)25(3,23)24/h4-12H,1-3H3,(H,19,21)(H,20,22). The Morgan fingerprint density at radius 2 is 1.48 bits per heavy atom. The first-order valence-corrected chi connectivity index (χ1v) is 9.58. The quantitative estimate of drug-likeness (QED) is 0.857. The summed E-state index contributed by atoms with van der Waals surface area (Å²) >= 11 is 0. The third-order valence-corrected chi connectivity index (χ3v) is 4.59. The minimum absolute atomic E-state index is 0.111. The predicted octanol–water partition coefficient (Wildman–Crippen LogP) is 2.94. The van der Waals surface area contributed by atoms with Gasteiger partial charge in [0.2, 0.25) is 5.91 Å². The van der Waals surface area contributed by atoms with Crippen molar-refractivity contribution in [1.29, 1.82) is 0 Å². The van der Waals surface area contributed by atoms with Crippen molar-refractivity contribution in [2.45, 2.75) is 18.7 Å². The van der Waals surface area contributed by atoms with Gasteiger partial charge in [0, 0.05) is 29.1 Å². The van der Waals surface area contributed by atoms with E-state index in [4.69, 9.17) is 0 Å². The fourth-order valence-corrected chi connectivity index (χ4v) is 2.65. The largest absolute Gasteiger partial charge is 0.326 e. The molecule has 0 aliphatic carbocycles. The molecule has 0 atom stereocenters. The number of carbonyl (C=O) groups is 2. The van der Waals surface area contributed by atoms with Gasteiger partial charge in [-0.2, -0.15) is 0 Å². The maximum absolute atomic E-state index is 12.3. The van der Waals surface area contributed by atoms with Crippen LogP contribution in [0.25, 0.3) is 0 Å². The van der Waals surface area contributed by atoms with Crippen molar-refractivity contribution in [1.82, 2.24) is 0 Å². The molecule has 0 fully saturated rings. The first-order chi connectivity index (χ1) is 11.7. The van der Waals surface area contributed by atoms with Crippen molar-refractivity contribution in [3.63, 3.8) is 0 Å². The van der Waals surface area contributed by atoms with Gasteiger partial charge in [-0.15, -0.1) is 0 Å². The molecule has 132 valence electrons. The van der Waals surface area contributed by atoms with E-state index < -0.39 is 9.84 Å². The number of benzene rings is 2. The zero-order chi connectivity index (χ0) is 18.6. The van der Waals surface area contributed by atoms with Crippen molar-refractivity contribution in [2.24, 2.45) is 5.92 Å². The molecular weight excluding hydrogens is 340 g/mol. The van der Waals surface area contributed by atoms with Gasteiger partial charge < -0.3 is 10.6 Å². The molecule has 0 aliphatic rings. The Balaban J connectivity index is 2.11. The predicted molar refractivity (Wildman–Crippen MR) is 97.4 cm³/mol. The van der Waals surface area contributed by atoms with Crippen LogP contribution in [0, 0.1) is 5.92 Å². The summed E-state index contributed by atoms with van der Waals surface area (Å²) in [5.74, 6) is -0.626. The molecule has 0 saturated heterocycles. The molecule has 2 rings (SSSR count). The van der Waals surface area contributed by atoms with E-state index in [0.717, 1.165) is 6.26 Å². The Labute approximate surface area is 147 Å². The summed E-state index contributed by atoms with van der Waals surface area (Å²) in [4.78, 5) is 24.2. The van der Waals surface area contributed by atoms with Gasteiger partial charge in [-0.25, -0.2) is 8.42 Å². The van der Waals surface area contributed by atoms with Crippen molar-refractivity contribution < 1.29 is 18.0 Å². The first kappa shape index (κ1) is 18.7. The molecule has 7 heteroatoms. The zero-order valence-electron chi connectivity index (χ0n) is 14.2. The molecule has 0 aliphatic heterocycles. The third kappa shape index (κ3) is 5.15. The van der Waals surface area contributed by atoms with E-state index in [9.17, 15) is 18.0 Å². The number of nitrogens with one attached hydrogen (secondary N) is 2. The monoisotopic (exact) mass is 360 g/mol. The van der Waals surface area contributed by atoms with Gasteiger partial charge >= 0.3 is 0 Å². The van der Waals surface area contributed by atoms with Crippen LogP contribution in [0.1, 0.15) is 24.2 Å². The number of rotatable bonds is 5. The molecule has 0 radical (unpaired) electrons. The highest BCUT2D eigenvalue weighted by atomic mass is 32.2. The second-order valence-corrected chi connectivity index (χ2v) is 7.99. The average Bonchev–Trinajstić information content (AvgIpc) is 2.54. The average molecular weight is 360 g/mol. The molecule has 2 amide bonds. The number of sulfone groups is 1. The van der Waals surface area contributed by atoms with E-state index in [-0.39, 0.29) is 22.6 Å². The van der Waals surface area contributed by atoms with Crippen LogP contribution in [0.2, 0.25) is 0 Å². The summed E-state index contributed by atoms with van der Waals surface area (Å²) in [6.45, 7) is 3.59. The van der Waals surface area contributed by atoms with Crippen molar-refractivity contribution in [3.8, 4) is 0 Å². The lowest BCUT2D eigenvalue weighted by atomic mass is 10.2. The Bertz CT molecular complexity index is 888. The molecule has 0 spiro atoms. The van der Waals surface area contributed by atoms with Gasteiger partial charge in [-0.05, 0) is 42.5 Å².